The first-order chi connectivity index (χ1) is 26.3. The lowest BCUT2D eigenvalue weighted by Crippen LogP contribution is -2.65. The van der Waals surface area contributed by atoms with Crippen molar-refractivity contribution in [3.05, 3.63) is 41.2 Å². The Morgan fingerprint density at radius 1 is 0.964 bits per heavy atom. The monoisotopic (exact) mass is 776 g/mol. The summed E-state index contributed by atoms with van der Waals surface area (Å²) >= 11 is 0. The van der Waals surface area contributed by atoms with Crippen LogP contribution in [0.15, 0.2) is 35.5 Å². The van der Waals surface area contributed by atoms with Gasteiger partial charge in [0, 0.05) is 49.6 Å². The van der Waals surface area contributed by atoms with Crippen molar-refractivity contribution >= 4 is 17.7 Å². The number of carbonyl (C=O) groups excluding carboxylic acids is 2. The molecule has 8 atom stereocenters. The molecule has 9 nitrogen and oxygen atoms in total. The molecule has 1 aromatic rings. The number of aliphatic hydroxyl groups excluding tert-OH is 1. The van der Waals surface area contributed by atoms with Crippen molar-refractivity contribution < 1.29 is 29.3 Å². The fourth-order valence-electron chi connectivity index (χ4n) is 13.7. The lowest BCUT2D eigenvalue weighted by Gasteiger charge is -2.72. The number of nitrogens with one attached hydrogen (secondary N) is 1. The average molecular weight is 776 g/mol. The van der Waals surface area contributed by atoms with Gasteiger partial charge in [0.25, 0.3) is 0 Å². The molecule has 0 amide bonds. The number of carbonyl (C=O) groups is 3. The van der Waals surface area contributed by atoms with Crippen molar-refractivity contribution in [2.24, 2.45) is 56.2 Å². The third-order valence-corrected chi connectivity index (χ3v) is 16.9. The van der Waals surface area contributed by atoms with E-state index in [0.717, 1.165) is 95.2 Å². The number of Topliss-reactive ketones (excluding diaryl/α,β-unsaturated/α-hetero) is 1. The molecule has 2 unspecified atom stereocenters. The number of esters is 1. The summed E-state index contributed by atoms with van der Waals surface area (Å²) in [4.78, 5) is 46.3. The second kappa shape index (κ2) is 15.9. The Morgan fingerprint density at radius 3 is 2.38 bits per heavy atom. The summed E-state index contributed by atoms with van der Waals surface area (Å²) in [6.45, 7) is 24.0. The average Bonchev–Trinajstić information content (AvgIpc) is 3.43. The summed E-state index contributed by atoms with van der Waals surface area (Å²) in [5.41, 5.74) is 2.51. The molecule has 4 saturated carbocycles. The number of carboxylic acids is 1. The van der Waals surface area contributed by atoms with Gasteiger partial charge in [0.05, 0.1) is 24.1 Å². The van der Waals surface area contributed by atoms with Crippen LogP contribution in [0.4, 0.5) is 0 Å². The van der Waals surface area contributed by atoms with Crippen molar-refractivity contribution in [2.45, 2.75) is 146 Å². The number of aliphatic hydroxyl groups is 1. The first-order valence-corrected chi connectivity index (χ1v) is 21.9. The molecule has 9 heteroatoms. The van der Waals surface area contributed by atoms with E-state index in [1.807, 2.05) is 12.3 Å². The molecule has 4 fully saturated rings. The Bertz CT molecular complexity index is 1660. The zero-order chi connectivity index (χ0) is 40.9. The zero-order valence-corrected chi connectivity index (χ0v) is 36.1. The largest absolute Gasteiger partial charge is 0.481 e. The van der Waals surface area contributed by atoms with Gasteiger partial charge in [-0.1, -0.05) is 60.1 Å². The number of allylic oxidation sites excluding steroid dienone is 2. The highest BCUT2D eigenvalue weighted by Gasteiger charge is 2.70. The van der Waals surface area contributed by atoms with E-state index in [2.05, 4.69) is 75.8 Å². The van der Waals surface area contributed by atoms with Crippen LogP contribution in [0.25, 0.3) is 0 Å². The molecule has 0 aliphatic heterocycles. The minimum atomic E-state index is -1.16. The molecule has 56 heavy (non-hydrogen) atoms. The summed E-state index contributed by atoms with van der Waals surface area (Å²) in [6.07, 6.45) is 11.6. The predicted molar refractivity (Wildman–Crippen MR) is 219 cm³/mol. The minimum Gasteiger partial charge on any atom is -0.481 e. The molecule has 0 aromatic carbocycles. The van der Waals surface area contributed by atoms with Crippen molar-refractivity contribution in [2.75, 3.05) is 32.8 Å². The van der Waals surface area contributed by atoms with Gasteiger partial charge in [-0.15, -0.1) is 0 Å². The van der Waals surface area contributed by atoms with Crippen molar-refractivity contribution in [1.82, 2.24) is 15.2 Å². The molecule has 0 spiro atoms. The number of rotatable bonds is 15. The third-order valence-electron chi connectivity index (χ3n) is 16.9. The van der Waals surface area contributed by atoms with E-state index >= 15 is 0 Å². The number of hydrogen-bond donors (Lipinski definition) is 3. The number of ketones is 1. The molecule has 0 saturated heterocycles. The molecule has 0 radical (unpaired) electrons. The Balaban J connectivity index is 1.25. The quantitative estimate of drug-likeness (QED) is 0.119. The third kappa shape index (κ3) is 7.44. The van der Waals surface area contributed by atoms with Crippen LogP contribution in [0.2, 0.25) is 0 Å². The normalized spacial score (nSPS) is 35.2. The standard InChI is InChI=1S/C47H73N3O6/c1-31(2)39-34(52)28-47(21-25-50(26-23-48-24-27-51)30-32-12-10-11-22-49-32)20-19-45(8)33(40(39)47)13-14-36-44(7)17-16-37(56-38(53)29-42(3,4)41(54)55)43(5,6)35(44)15-18-46(36,45)9/h10-12,22,31,33,35-37,48,51H,13-21,23-30H2,1-9H3,(H,54,55)/t33-,35?,36?,37+,44+,45-,46-,47-/m1/s1. The van der Waals surface area contributed by atoms with Gasteiger partial charge in [-0.25, -0.2) is 0 Å². The fourth-order valence-corrected chi connectivity index (χ4v) is 13.7. The smallest absolute Gasteiger partial charge is 0.309 e. The summed E-state index contributed by atoms with van der Waals surface area (Å²) in [5, 5.41) is 22.4. The van der Waals surface area contributed by atoms with Crippen molar-refractivity contribution in [3.63, 3.8) is 0 Å². The summed E-state index contributed by atoms with van der Waals surface area (Å²) in [7, 11) is 0. The van der Waals surface area contributed by atoms with Crippen LogP contribution in [0.5, 0.6) is 0 Å². The topological polar surface area (TPSA) is 129 Å². The Hall–Kier alpha value is -2.62. The number of nitrogens with zero attached hydrogens (tertiary/aromatic N) is 2. The van der Waals surface area contributed by atoms with Crippen LogP contribution < -0.4 is 5.32 Å². The highest BCUT2D eigenvalue weighted by molar-refractivity contribution is 6.00. The molecule has 5 aliphatic rings. The lowest BCUT2D eigenvalue weighted by molar-refractivity contribution is -0.233. The van der Waals surface area contributed by atoms with E-state index in [1.165, 1.54) is 5.57 Å². The van der Waals surface area contributed by atoms with Gasteiger partial charge in [0.2, 0.25) is 0 Å². The van der Waals surface area contributed by atoms with Gasteiger partial charge in [0.1, 0.15) is 6.10 Å². The predicted octanol–water partition coefficient (Wildman–Crippen LogP) is 8.25. The maximum absolute atomic E-state index is 14.3. The number of fused-ring (bicyclic) bond motifs is 7. The SMILES string of the molecule is CC(C)C1=C2[C@H]3CCC4[C@@]5(C)CC[C@H](OC(=O)CC(C)(C)C(=O)O)C(C)(C)C5CC[C@@]4(C)[C@]3(C)CC[C@@]2(CCN(CCNCCO)Cc2ccccn2)CC1=O. The van der Waals surface area contributed by atoms with Gasteiger partial charge < -0.3 is 20.3 Å². The number of hydrogen-bond acceptors (Lipinski definition) is 8. The molecule has 1 heterocycles. The van der Waals surface area contributed by atoms with Gasteiger partial charge in [-0.2, -0.15) is 0 Å². The molecule has 1 aromatic heterocycles. The van der Waals surface area contributed by atoms with E-state index in [4.69, 9.17) is 4.74 Å². The first-order valence-electron chi connectivity index (χ1n) is 21.9. The summed E-state index contributed by atoms with van der Waals surface area (Å²) in [6, 6.07) is 6.10. The number of aliphatic carboxylic acids is 1. The van der Waals surface area contributed by atoms with Gasteiger partial charge in [-0.05, 0) is 136 Å². The second-order valence-electron chi connectivity index (χ2n) is 21.0. The Morgan fingerprint density at radius 2 is 1.71 bits per heavy atom. The van der Waals surface area contributed by atoms with E-state index in [0.29, 0.717) is 36.5 Å². The van der Waals surface area contributed by atoms with E-state index in [9.17, 15) is 24.6 Å². The maximum Gasteiger partial charge on any atom is 0.309 e. The highest BCUT2D eigenvalue weighted by atomic mass is 16.5. The zero-order valence-electron chi connectivity index (χ0n) is 36.1. The first kappa shape index (κ1) is 43.0. The Kier molecular flexibility index (Phi) is 12.2. The summed E-state index contributed by atoms with van der Waals surface area (Å²) in [5.74, 6) is 0.508. The fraction of sp³-hybridized carbons (Fsp3) is 0.787. The summed E-state index contributed by atoms with van der Waals surface area (Å²) < 4.78 is 6.20. The number of pyridine rings is 1. The number of carboxylic acid groups (broad SMARTS) is 1. The van der Waals surface area contributed by atoms with Crippen molar-refractivity contribution in [1.29, 1.82) is 0 Å². The molecule has 6 rings (SSSR count). The molecule has 0 bridgehead atoms. The van der Waals surface area contributed by atoms with Crippen molar-refractivity contribution in [3.8, 4) is 0 Å². The molecular formula is C47H73N3O6. The molecule has 312 valence electrons. The van der Waals surface area contributed by atoms with Gasteiger partial charge >= 0.3 is 11.9 Å². The van der Waals surface area contributed by atoms with Crippen LogP contribution in [0.3, 0.4) is 0 Å². The van der Waals surface area contributed by atoms with Crippen LogP contribution in [-0.2, 0) is 25.7 Å². The molecule has 5 aliphatic carbocycles. The van der Waals surface area contributed by atoms with Gasteiger partial charge in [0.15, 0.2) is 5.78 Å². The van der Waals surface area contributed by atoms with Crippen LogP contribution >= 0.6 is 0 Å². The van der Waals surface area contributed by atoms with Gasteiger partial charge in [-0.3, -0.25) is 24.3 Å². The van der Waals surface area contributed by atoms with Crippen LogP contribution in [0.1, 0.15) is 139 Å². The van der Waals surface area contributed by atoms with E-state index < -0.39 is 17.4 Å². The second-order valence-corrected chi connectivity index (χ2v) is 21.0. The maximum atomic E-state index is 14.3. The molecular weight excluding hydrogens is 703 g/mol. The lowest BCUT2D eigenvalue weighted by atomic mass is 9.33. The Labute approximate surface area is 337 Å². The van der Waals surface area contributed by atoms with E-state index in [1.54, 1.807) is 13.8 Å². The van der Waals surface area contributed by atoms with Crippen LogP contribution in [0, 0.1) is 56.2 Å². The highest BCUT2D eigenvalue weighted by Crippen LogP contribution is 2.77. The molecule has 3 N–H and O–H groups in total. The number of aromatic nitrogens is 1. The minimum absolute atomic E-state index is 0.0746. The van der Waals surface area contributed by atoms with E-state index in [-0.39, 0.29) is 52.1 Å². The van der Waals surface area contributed by atoms with Crippen LogP contribution in [-0.4, -0.2) is 76.7 Å². The number of ether oxygens (including phenoxy) is 1.